The maximum Gasteiger partial charge on any atom is 0.0814 e. The molecule has 0 aromatic carbocycles. The van der Waals surface area contributed by atoms with E-state index in [1.54, 1.807) is 0 Å². The second-order valence-corrected chi connectivity index (χ2v) is 0. The average molecular weight is 387 g/mol. The summed E-state index contributed by atoms with van der Waals surface area (Å²) in [6, 6.07) is 0. The van der Waals surface area contributed by atoms with Gasteiger partial charge < -0.3 is 0 Å². The molecule has 0 spiro atoms. The summed E-state index contributed by atoms with van der Waals surface area (Å²) in [6.45, 7) is 0. The van der Waals surface area contributed by atoms with E-state index in [1.807, 2.05) is 0 Å². The van der Waals surface area contributed by atoms with Crippen molar-refractivity contribution in [3.63, 3.8) is 0 Å². The van der Waals surface area contributed by atoms with Gasteiger partial charge in [-0.1, -0.05) is 0 Å². The quantitative estimate of drug-likeness (QED) is 0.365. The molecule has 1 radical (unpaired) electrons. The van der Waals surface area contributed by atoms with E-state index in [0.717, 1.165) is 0 Å². The predicted octanol–water partition coefficient (Wildman–Crippen LogP) is -1.13. The van der Waals surface area contributed by atoms with Crippen LogP contribution in [0.15, 0.2) is 0 Å². The first kappa shape index (κ1) is 53.1. The zero-order valence-electron chi connectivity index (χ0n) is 1.86. The van der Waals surface area contributed by atoms with Gasteiger partial charge in [0.1, 0.15) is 0 Å². The molecule has 0 N–H and O–H groups in total. The molecule has 1 unspecified atom stereocenters. The number of hydrogen-bond acceptors (Lipinski definition) is 0. The molecular formula is H6BCoMoPW. The third kappa shape index (κ3) is 21.6. The van der Waals surface area contributed by atoms with Gasteiger partial charge >= 0.3 is 0 Å². The van der Waals surface area contributed by atoms with Crippen molar-refractivity contribution >= 4 is 18.3 Å². The number of rotatable bonds is 0. The Morgan fingerprint density at radius 1 is 1.00 bits per heavy atom. The first-order valence-corrected chi connectivity index (χ1v) is 0. The Balaban J connectivity index is 0. The summed E-state index contributed by atoms with van der Waals surface area (Å²) < 4.78 is 0. The van der Waals surface area contributed by atoms with Gasteiger partial charge in [-0.15, -0.1) is 0 Å². The van der Waals surface area contributed by atoms with E-state index >= 15 is 0 Å². The fourth-order valence-electron chi connectivity index (χ4n) is 0. The molecule has 0 nitrogen and oxygen atoms in total. The smallest absolute Gasteiger partial charge is 0.0814 e. The van der Waals surface area contributed by atoms with Crippen LogP contribution in [0.1, 0.15) is 0 Å². The molecule has 0 aliphatic carbocycles. The summed E-state index contributed by atoms with van der Waals surface area (Å²) in [6.07, 6.45) is 0. The van der Waals surface area contributed by atoms with Crippen LogP contribution < -0.4 is 0 Å². The average Bonchev–Trinajstić information content (AvgIpc) is 0. The maximum atomic E-state index is 0. The summed E-state index contributed by atoms with van der Waals surface area (Å²) >= 11 is 0. The van der Waals surface area contributed by atoms with Crippen molar-refractivity contribution in [2.24, 2.45) is 0 Å². The fraction of sp³-hybridized carbons (Fsp3) is 0. The minimum Gasteiger partial charge on any atom is -0.153 e. The molecule has 0 aromatic heterocycles. The summed E-state index contributed by atoms with van der Waals surface area (Å²) in [7, 11) is 0. The molecule has 0 bridgehead atoms. The molecule has 0 rings (SSSR count). The molecular weight excluding hydrogens is 380 g/mol. The Hall–Kier alpha value is 2.38. The minimum absolute atomic E-state index is 0. The van der Waals surface area contributed by atoms with Crippen LogP contribution in [0.4, 0.5) is 0 Å². The topological polar surface area (TPSA) is 0 Å². The van der Waals surface area contributed by atoms with Crippen LogP contribution in [-0.2, 0) is 58.9 Å². The van der Waals surface area contributed by atoms with Crippen molar-refractivity contribution in [1.82, 2.24) is 0 Å². The van der Waals surface area contributed by atoms with Gasteiger partial charge in [-0.3, -0.25) is 0 Å². The molecule has 0 saturated carbocycles. The maximum absolute atomic E-state index is 0. The first-order valence-electron chi connectivity index (χ1n) is 0. The molecule has 0 aliphatic rings. The second-order valence-electron chi connectivity index (χ2n) is 0. The summed E-state index contributed by atoms with van der Waals surface area (Å²) in [5.74, 6) is 0. The Labute approximate surface area is 76.5 Å². The van der Waals surface area contributed by atoms with Crippen LogP contribution in [0.25, 0.3) is 0 Å². The van der Waals surface area contributed by atoms with Gasteiger partial charge in [0.25, 0.3) is 0 Å². The molecule has 1 atom stereocenters. The minimum atomic E-state index is 0. The predicted molar refractivity (Wildman–Crippen MR) is 21.0 cm³/mol. The van der Waals surface area contributed by atoms with Crippen LogP contribution >= 0.6 is 9.90 Å². The molecule has 0 aliphatic heterocycles. The van der Waals surface area contributed by atoms with Gasteiger partial charge in [-0.25, -0.2) is 0 Å². The summed E-state index contributed by atoms with van der Waals surface area (Å²) in [5, 5.41) is 0. The SMILES string of the molecule is B.P.[Co].[Mo].[W]. The van der Waals surface area contributed by atoms with Crippen molar-refractivity contribution < 1.29 is 58.9 Å². The Morgan fingerprint density at radius 2 is 1.00 bits per heavy atom. The zero-order chi connectivity index (χ0) is 0. The normalized spacial score (nSPS) is 0. The zero-order valence-corrected chi connectivity index (χ0v) is 9.25. The molecule has 5 heavy (non-hydrogen) atoms. The molecule has 0 aromatic rings. The van der Waals surface area contributed by atoms with Crippen molar-refractivity contribution in [3.05, 3.63) is 0 Å². The van der Waals surface area contributed by atoms with Crippen LogP contribution in [0, 0.1) is 0 Å². The molecule has 35 valence electrons. The van der Waals surface area contributed by atoms with Gasteiger partial charge in [0.05, 0.1) is 8.41 Å². The van der Waals surface area contributed by atoms with Crippen molar-refractivity contribution in [1.29, 1.82) is 0 Å². The second kappa shape index (κ2) is 32.6. The Bertz CT molecular complexity index is 11.6. The van der Waals surface area contributed by atoms with E-state index in [9.17, 15) is 0 Å². The Morgan fingerprint density at radius 3 is 1.00 bits per heavy atom. The van der Waals surface area contributed by atoms with Gasteiger partial charge in [0, 0.05) is 58.9 Å². The van der Waals surface area contributed by atoms with Crippen molar-refractivity contribution in [2.45, 2.75) is 0 Å². The van der Waals surface area contributed by atoms with Crippen LogP contribution in [0.3, 0.4) is 0 Å². The van der Waals surface area contributed by atoms with E-state index < -0.39 is 0 Å². The standard InChI is InChI=1S/BH3.Co.Mo.H3P.W/h1H3;;;1H3;. The largest absolute Gasteiger partial charge is 0.153 e. The van der Waals surface area contributed by atoms with E-state index in [1.165, 1.54) is 0 Å². The monoisotopic (exact) mass is 389 g/mol. The van der Waals surface area contributed by atoms with Gasteiger partial charge in [0.2, 0.25) is 0 Å². The summed E-state index contributed by atoms with van der Waals surface area (Å²) in [4.78, 5) is 0. The third-order valence-electron chi connectivity index (χ3n) is 0. The molecule has 0 fully saturated rings. The third-order valence-corrected chi connectivity index (χ3v) is 0. The molecule has 5 heteroatoms. The molecule has 0 saturated heterocycles. The van der Waals surface area contributed by atoms with E-state index in [0.29, 0.717) is 0 Å². The van der Waals surface area contributed by atoms with Gasteiger partial charge in [0.15, 0.2) is 0 Å². The van der Waals surface area contributed by atoms with Crippen LogP contribution in [0.2, 0.25) is 0 Å². The van der Waals surface area contributed by atoms with Crippen molar-refractivity contribution in [3.8, 4) is 0 Å². The molecule has 0 heterocycles. The van der Waals surface area contributed by atoms with E-state index in [2.05, 4.69) is 0 Å². The Kier molecular flexibility index (Phi) is 346. The number of hydrogen-bond donors (Lipinski definition) is 0. The van der Waals surface area contributed by atoms with E-state index in [4.69, 9.17) is 0 Å². The fourth-order valence-corrected chi connectivity index (χ4v) is 0. The first-order chi connectivity index (χ1) is 0. The summed E-state index contributed by atoms with van der Waals surface area (Å²) in [5.41, 5.74) is 0. The van der Waals surface area contributed by atoms with Crippen molar-refractivity contribution in [2.75, 3.05) is 0 Å². The van der Waals surface area contributed by atoms with Crippen LogP contribution in [-0.4, -0.2) is 8.41 Å². The van der Waals surface area contributed by atoms with Crippen LogP contribution in [0.5, 0.6) is 0 Å². The van der Waals surface area contributed by atoms with Gasteiger partial charge in [-0.05, 0) is 0 Å². The van der Waals surface area contributed by atoms with Gasteiger partial charge in [-0.2, -0.15) is 9.90 Å². The molecule has 0 amide bonds. The van der Waals surface area contributed by atoms with E-state index in [-0.39, 0.29) is 77.2 Å².